The van der Waals surface area contributed by atoms with Gasteiger partial charge < -0.3 is 9.22 Å². The van der Waals surface area contributed by atoms with Gasteiger partial charge in [0, 0.05) is 0 Å². The summed E-state index contributed by atoms with van der Waals surface area (Å²) in [5, 5.41) is 0. The highest BCUT2D eigenvalue weighted by Gasteiger charge is 2.08. The van der Waals surface area contributed by atoms with Crippen LogP contribution >= 0.6 is 0 Å². The first-order valence-electron chi connectivity index (χ1n) is 5.39. The molecular formula is C13H22NO+. The Labute approximate surface area is 93.1 Å². The summed E-state index contributed by atoms with van der Waals surface area (Å²) >= 11 is 0. The quantitative estimate of drug-likeness (QED) is 0.690. The Hall–Kier alpha value is -1.02. The van der Waals surface area contributed by atoms with E-state index in [1.54, 1.807) is 0 Å². The van der Waals surface area contributed by atoms with Crippen molar-refractivity contribution in [3.8, 4) is 5.75 Å². The predicted molar refractivity (Wildman–Crippen MR) is 64.3 cm³/mol. The summed E-state index contributed by atoms with van der Waals surface area (Å²) in [4.78, 5) is 0. The van der Waals surface area contributed by atoms with Crippen LogP contribution in [0, 0.1) is 13.8 Å². The first kappa shape index (κ1) is 12.1. The molecule has 0 amide bonds. The van der Waals surface area contributed by atoms with Crippen molar-refractivity contribution in [2.75, 3.05) is 34.3 Å². The third-order valence-electron chi connectivity index (χ3n) is 2.42. The van der Waals surface area contributed by atoms with E-state index < -0.39 is 0 Å². The van der Waals surface area contributed by atoms with Crippen LogP contribution in [0.2, 0.25) is 0 Å². The zero-order chi connectivity index (χ0) is 11.5. The number of hydrogen-bond acceptors (Lipinski definition) is 1. The average Bonchev–Trinajstić information content (AvgIpc) is 2.08. The fourth-order valence-corrected chi connectivity index (χ4v) is 1.45. The SMILES string of the molecule is Cc1cccc(C)c1OCC[N+](C)(C)C. The van der Waals surface area contributed by atoms with Gasteiger partial charge in [-0.05, 0) is 25.0 Å². The molecular weight excluding hydrogens is 186 g/mol. The Kier molecular flexibility index (Phi) is 3.75. The third kappa shape index (κ3) is 3.92. The molecule has 0 aromatic heterocycles. The molecule has 1 rings (SSSR count). The van der Waals surface area contributed by atoms with E-state index in [-0.39, 0.29) is 0 Å². The fraction of sp³-hybridized carbons (Fsp3) is 0.538. The molecule has 0 aliphatic heterocycles. The summed E-state index contributed by atoms with van der Waals surface area (Å²) in [6, 6.07) is 6.25. The Balaban J connectivity index is 2.58. The van der Waals surface area contributed by atoms with E-state index in [1.165, 1.54) is 11.1 Å². The van der Waals surface area contributed by atoms with E-state index in [9.17, 15) is 0 Å². The smallest absolute Gasteiger partial charge is 0.137 e. The normalized spacial score (nSPS) is 11.5. The molecule has 0 unspecified atom stereocenters. The van der Waals surface area contributed by atoms with Crippen molar-refractivity contribution in [2.45, 2.75) is 13.8 Å². The van der Waals surface area contributed by atoms with Gasteiger partial charge in [-0.2, -0.15) is 0 Å². The van der Waals surface area contributed by atoms with Crippen LogP contribution in [0.15, 0.2) is 18.2 Å². The zero-order valence-corrected chi connectivity index (χ0v) is 10.5. The van der Waals surface area contributed by atoms with Crippen molar-refractivity contribution in [2.24, 2.45) is 0 Å². The van der Waals surface area contributed by atoms with Gasteiger partial charge in [0.1, 0.15) is 18.9 Å². The van der Waals surface area contributed by atoms with Gasteiger partial charge in [0.2, 0.25) is 0 Å². The molecule has 0 aliphatic carbocycles. The summed E-state index contributed by atoms with van der Waals surface area (Å²) in [7, 11) is 6.52. The average molecular weight is 208 g/mol. The molecule has 1 aromatic carbocycles. The number of hydrogen-bond donors (Lipinski definition) is 0. The molecule has 0 N–H and O–H groups in total. The van der Waals surface area contributed by atoms with Gasteiger partial charge in [0.15, 0.2) is 0 Å². The molecule has 0 radical (unpaired) electrons. The molecule has 2 nitrogen and oxygen atoms in total. The third-order valence-corrected chi connectivity index (χ3v) is 2.42. The minimum Gasteiger partial charge on any atom is -0.487 e. The van der Waals surface area contributed by atoms with E-state index in [4.69, 9.17) is 4.74 Å². The number of benzene rings is 1. The molecule has 1 aromatic rings. The Morgan fingerprint density at radius 3 is 2.07 bits per heavy atom. The van der Waals surface area contributed by atoms with Gasteiger partial charge in [-0.25, -0.2) is 0 Å². The van der Waals surface area contributed by atoms with E-state index in [0.717, 1.165) is 23.4 Å². The second kappa shape index (κ2) is 4.67. The number of quaternary nitrogens is 1. The Morgan fingerprint density at radius 1 is 1.07 bits per heavy atom. The Morgan fingerprint density at radius 2 is 1.60 bits per heavy atom. The first-order valence-corrected chi connectivity index (χ1v) is 5.39. The highest BCUT2D eigenvalue weighted by atomic mass is 16.5. The number of likely N-dealkylation sites (N-methyl/N-ethyl adjacent to an activating group) is 1. The van der Waals surface area contributed by atoms with E-state index in [2.05, 4.69) is 53.2 Å². The molecule has 84 valence electrons. The molecule has 0 fully saturated rings. The monoisotopic (exact) mass is 208 g/mol. The van der Waals surface area contributed by atoms with Crippen LogP contribution in [0.3, 0.4) is 0 Å². The second-order valence-corrected chi connectivity index (χ2v) is 5.08. The summed E-state index contributed by atoms with van der Waals surface area (Å²) in [6.07, 6.45) is 0. The molecule has 15 heavy (non-hydrogen) atoms. The highest BCUT2D eigenvalue weighted by Crippen LogP contribution is 2.22. The van der Waals surface area contributed by atoms with Crippen molar-refractivity contribution in [1.29, 1.82) is 0 Å². The second-order valence-electron chi connectivity index (χ2n) is 5.08. The van der Waals surface area contributed by atoms with Crippen LogP contribution < -0.4 is 4.74 Å². The molecule has 0 aliphatic rings. The summed E-state index contributed by atoms with van der Waals surface area (Å²) in [5.41, 5.74) is 2.44. The van der Waals surface area contributed by atoms with Crippen LogP contribution in [-0.4, -0.2) is 38.8 Å². The predicted octanol–water partition coefficient (Wildman–Crippen LogP) is 2.39. The van der Waals surface area contributed by atoms with E-state index >= 15 is 0 Å². The lowest BCUT2D eigenvalue weighted by Gasteiger charge is -2.24. The van der Waals surface area contributed by atoms with E-state index in [0.29, 0.717) is 0 Å². The van der Waals surface area contributed by atoms with Gasteiger partial charge in [-0.15, -0.1) is 0 Å². The minimum absolute atomic E-state index is 0.773. The topological polar surface area (TPSA) is 9.23 Å². The molecule has 0 heterocycles. The van der Waals surface area contributed by atoms with Gasteiger partial charge in [-0.3, -0.25) is 0 Å². The van der Waals surface area contributed by atoms with Crippen molar-refractivity contribution >= 4 is 0 Å². The Bertz CT molecular complexity index is 306. The molecule has 0 saturated carbocycles. The lowest BCUT2D eigenvalue weighted by Crippen LogP contribution is -2.38. The summed E-state index contributed by atoms with van der Waals surface area (Å²) < 4.78 is 6.76. The summed E-state index contributed by atoms with van der Waals surface area (Å²) in [6.45, 7) is 5.98. The standard InChI is InChI=1S/C13H22NO/c1-11-7-6-8-12(2)13(11)15-10-9-14(3,4)5/h6-8H,9-10H2,1-5H3/q+1. The van der Waals surface area contributed by atoms with Gasteiger partial charge in [-0.1, -0.05) is 18.2 Å². The molecule has 2 heteroatoms. The number of nitrogens with zero attached hydrogens (tertiary/aromatic N) is 1. The van der Waals surface area contributed by atoms with Crippen molar-refractivity contribution in [3.05, 3.63) is 29.3 Å². The summed E-state index contributed by atoms with van der Waals surface area (Å²) in [5.74, 6) is 1.05. The van der Waals surface area contributed by atoms with Crippen LogP contribution in [0.25, 0.3) is 0 Å². The van der Waals surface area contributed by atoms with Crippen molar-refractivity contribution < 1.29 is 9.22 Å². The van der Waals surface area contributed by atoms with Gasteiger partial charge >= 0.3 is 0 Å². The van der Waals surface area contributed by atoms with Crippen LogP contribution in [0.5, 0.6) is 5.75 Å². The first-order chi connectivity index (χ1) is 6.90. The van der Waals surface area contributed by atoms with Crippen LogP contribution in [0.1, 0.15) is 11.1 Å². The number of ether oxygens (including phenoxy) is 1. The van der Waals surface area contributed by atoms with Gasteiger partial charge in [0.25, 0.3) is 0 Å². The highest BCUT2D eigenvalue weighted by molar-refractivity contribution is 5.39. The van der Waals surface area contributed by atoms with Crippen molar-refractivity contribution in [3.63, 3.8) is 0 Å². The maximum absolute atomic E-state index is 5.83. The lowest BCUT2D eigenvalue weighted by molar-refractivity contribution is -0.870. The zero-order valence-electron chi connectivity index (χ0n) is 10.5. The number of aryl methyl sites for hydroxylation is 2. The largest absolute Gasteiger partial charge is 0.487 e. The number of rotatable bonds is 4. The van der Waals surface area contributed by atoms with Crippen LogP contribution in [0.4, 0.5) is 0 Å². The molecule has 0 bridgehead atoms. The van der Waals surface area contributed by atoms with E-state index in [1.807, 2.05) is 0 Å². The van der Waals surface area contributed by atoms with Gasteiger partial charge in [0.05, 0.1) is 21.1 Å². The number of para-hydroxylation sites is 1. The molecule has 0 atom stereocenters. The van der Waals surface area contributed by atoms with Crippen molar-refractivity contribution in [1.82, 2.24) is 0 Å². The molecule has 0 spiro atoms. The fourth-order valence-electron chi connectivity index (χ4n) is 1.45. The lowest BCUT2D eigenvalue weighted by atomic mass is 10.1. The van der Waals surface area contributed by atoms with Crippen LogP contribution in [-0.2, 0) is 0 Å². The molecule has 0 saturated heterocycles. The minimum atomic E-state index is 0.773. The maximum atomic E-state index is 5.83. The maximum Gasteiger partial charge on any atom is 0.137 e.